The zero-order valence-corrected chi connectivity index (χ0v) is 14.4. The van der Waals surface area contributed by atoms with Crippen LogP contribution >= 0.6 is 0 Å². The molecular weight excluding hydrogens is 302 g/mol. The van der Waals surface area contributed by atoms with Crippen LogP contribution in [-0.2, 0) is 20.1 Å². The van der Waals surface area contributed by atoms with Crippen LogP contribution in [0.1, 0.15) is 31.4 Å². The molecule has 0 radical (unpaired) electrons. The van der Waals surface area contributed by atoms with Crippen LogP contribution in [-0.4, -0.2) is 19.1 Å². The van der Waals surface area contributed by atoms with Gasteiger partial charge in [-0.3, -0.25) is 9.69 Å². The average Bonchev–Trinajstić information content (AvgIpc) is 2.87. The van der Waals surface area contributed by atoms with Gasteiger partial charge in [0.25, 0.3) is 11.7 Å². The van der Waals surface area contributed by atoms with Crippen LogP contribution in [0, 0.1) is 6.92 Å². The van der Waals surface area contributed by atoms with E-state index in [4.69, 9.17) is 9.47 Å². The molecule has 4 rings (SSSR count). The highest BCUT2D eigenvalue weighted by molar-refractivity contribution is 6.11. The minimum absolute atomic E-state index is 0.168. The van der Waals surface area contributed by atoms with E-state index >= 15 is 0 Å². The van der Waals surface area contributed by atoms with E-state index in [0.717, 1.165) is 28.9 Å². The van der Waals surface area contributed by atoms with Crippen LogP contribution in [0.25, 0.3) is 0 Å². The van der Waals surface area contributed by atoms with Crippen molar-refractivity contribution >= 4 is 17.3 Å². The van der Waals surface area contributed by atoms with Gasteiger partial charge in [0.1, 0.15) is 0 Å². The van der Waals surface area contributed by atoms with Gasteiger partial charge in [-0.15, -0.1) is 0 Å². The summed E-state index contributed by atoms with van der Waals surface area (Å²) in [5, 5.41) is 0. The molecule has 24 heavy (non-hydrogen) atoms. The maximum absolute atomic E-state index is 13.1. The van der Waals surface area contributed by atoms with Crippen LogP contribution < -0.4 is 4.90 Å². The molecule has 0 aliphatic carbocycles. The van der Waals surface area contributed by atoms with Crippen molar-refractivity contribution in [3.63, 3.8) is 0 Å². The quantitative estimate of drug-likeness (QED) is 0.785. The first-order valence-corrected chi connectivity index (χ1v) is 8.51. The smallest absolute Gasteiger partial charge is 0.297 e. The Hall–Kier alpha value is -2.17. The molecule has 1 saturated heterocycles. The summed E-state index contributed by atoms with van der Waals surface area (Å²) in [6, 6.07) is 15.6. The van der Waals surface area contributed by atoms with Gasteiger partial charge >= 0.3 is 0 Å². The van der Waals surface area contributed by atoms with Crippen molar-refractivity contribution < 1.29 is 14.3 Å². The number of para-hydroxylation sites is 1. The number of carbonyl (C=O) groups excluding carboxylic acids is 1. The van der Waals surface area contributed by atoms with Crippen molar-refractivity contribution in [3.05, 3.63) is 59.7 Å². The van der Waals surface area contributed by atoms with Gasteiger partial charge in [-0.1, -0.05) is 43.7 Å². The first-order valence-electron chi connectivity index (χ1n) is 8.51. The SMILES string of the molecule is CC.Cc1ccc2c(c1)C1(OCCCO1)C(=O)N2c1ccccc1. The Morgan fingerprint density at radius 1 is 1.00 bits per heavy atom. The van der Waals surface area contributed by atoms with Gasteiger partial charge in [0.15, 0.2) is 0 Å². The molecule has 4 heteroatoms. The highest BCUT2D eigenvalue weighted by Crippen LogP contribution is 2.48. The molecule has 1 spiro atoms. The van der Waals surface area contributed by atoms with Crippen LogP contribution in [0.15, 0.2) is 48.5 Å². The molecule has 1 fully saturated rings. The molecule has 0 bridgehead atoms. The summed E-state index contributed by atoms with van der Waals surface area (Å²) in [6.07, 6.45) is 0.807. The number of anilines is 2. The molecule has 0 atom stereocenters. The predicted molar refractivity (Wildman–Crippen MR) is 94.3 cm³/mol. The number of hydrogen-bond donors (Lipinski definition) is 0. The lowest BCUT2D eigenvalue weighted by atomic mass is 10.0. The van der Waals surface area contributed by atoms with Crippen LogP contribution in [0.2, 0.25) is 0 Å². The van der Waals surface area contributed by atoms with Gasteiger partial charge in [-0.05, 0) is 37.6 Å². The molecule has 2 aromatic rings. The second-order valence-electron chi connectivity index (χ2n) is 5.66. The zero-order chi connectivity index (χ0) is 17.2. The maximum atomic E-state index is 13.1. The molecule has 4 nitrogen and oxygen atoms in total. The van der Waals surface area contributed by atoms with Gasteiger partial charge in [0.2, 0.25) is 0 Å². The largest absolute Gasteiger partial charge is 0.338 e. The molecule has 2 heterocycles. The topological polar surface area (TPSA) is 38.8 Å². The lowest BCUT2D eigenvalue weighted by Crippen LogP contribution is -2.46. The van der Waals surface area contributed by atoms with Crippen molar-refractivity contribution in [2.45, 2.75) is 33.0 Å². The number of rotatable bonds is 1. The third-order valence-corrected chi connectivity index (χ3v) is 4.15. The van der Waals surface area contributed by atoms with Crippen LogP contribution in [0.4, 0.5) is 11.4 Å². The number of ether oxygens (including phenoxy) is 2. The molecule has 126 valence electrons. The number of carbonyl (C=O) groups is 1. The first-order chi connectivity index (χ1) is 11.7. The number of hydrogen-bond acceptors (Lipinski definition) is 3. The summed E-state index contributed by atoms with van der Waals surface area (Å²) in [4.78, 5) is 14.8. The van der Waals surface area contributed by atoms with Crippen LogP contribution in [0.5, 0.6) is 0 Å². The number of aryl methyl sites for hydroxylation is 1. The van der Waals surface area contributed by atoms with E-state index in [1.807, 2.05) is 69.3 Å². The lowest BCUT2D eigenvalue weighted by Gasteiger charge is -2.32. The monoisotopic (exact) mass is 325 g/mol. The van der Waals surface area contributed by atoms with Crippen molar-refractivity contribution in [2.75, 3.05) is 18.1 Å². The fourth-order valence-electron chi connectivity index (χ4n) is 3.13. The highest BCUT2D eigenvalue weighted by Gasteiger charge is 2.55. The fourth-order valence-corrected chi connectivity index (χ4v) is 3.13. The predicted octanol–water partition coefficient (Wildman–Crippen LogP) is 4.29. The fraction of sp³-hybridized carbons (Fsp3) is 0.350. The third kappa shape index (κ3) is 2.52. The van der Waals surface area contributed by atoms with E-state index < -0.39 is 5.79 Å². The van der Waals surface area contributed by atoms with E-state index in [1.54, 1.807) is 4.90 Å². The van der Waals surface area contributed by atoms with Gasteiger partial charge in [0, 0.05) is 11.3 Å². The number of nitrogens with zero attached hydrogens (tertiary/aromatic N) is 1. The lowest BCUT2D eigenvalue weighted by molar-refractivity contribution is -0.256. The molecule has 2 aromatic carbocycles. The molecule has 0 unspecified atom stereocenters. The second kappa shape index (κ2) is 6.75. The molecule has 0 saturated carbocycles. The minimum atomic E-state index is -1.28. The molecule has 2 aliphatic rings. The molecule has 2 aliphatic heterocycles. The Labute approximate surface area is 143 Å². The average molecular weight is 325 g/mol. The zero-order valence-electron chi connectivity index (χ0n) is 14.4. The minimum Gasteiger partial charge on any atom is -0.338 e. The van der Waals surface area contributed by atoms with Gasteiger partial charge in [-0.25, -0.2) is 0 Å². The van der Waals surface area contributed by atoms with E-state index in [1.165, 1.54) is 0 Å². The summed E-state index contributed by atoms with van der Waals surface area (Å²) in [7, 11) is 0. The Morgan fingerprint density at radius 2 is 1.67 bits per heavy atom. The van der Waals surface area contributed by atoms with E-state index in [9.17, 15) is 4.79 Å². The van der Waals surface area contributed by atoms with E-state index in [2.05, 4.69) is 0 Å². The molecule has 1 amide bonds. The van der Waals surface area contributed by atoms with Crippen LogP contribution in [0.3, 0.4) is 0 Å². The number of benzene rings is 2. The second-order valence-corrected chi connectivity index (χ2v) is 5.66. The molecule has 0 N–H and O–H groups in total. The summed E-state index contributed by atoms with van der Waals surface area (Å²) >= 11 is 0. The number of amides is 1. The van der Waals surface area contributed by atoms with E-state index in [0.29, 0.717) is 13.2 Å². The van der Waals surface area contributed by atoms with Gasteiger partial charge < -0.3 is 9.47 Å². The number of fused-ring (bicyclic) bond motifs is 2. The Balaban J connectivity index is 0.000000815. The highest BCUT2D eigenvalue weighted by atomic mass is 16.7. The Morgan fingerprint density at radius 3 is 2.33 bits per heavy atom. The van der Waals surface area contributed by atoms with Crippen molar-refractivity contribution in [3.8, 4) is 0 Å². The van der Waals surface area contributed by atoms with E-state index in [-0.39, 0.29) is 5.91 Å². The summed E-state index contributed by atoms with van der Waals surface area (Å²) < 4.78 is 11.7. The Kier molecular flexibility index (Phi) is 4.69. The summed E-state index contributed by atoms with van der Waals surface area (Å²) in [5.74, 6) is -1.45. The first kappa shape index (κ1) is 16.7. The van der Waals surface area contributed by atoms with Crippen molar-refractivity contribution in [1.29, 1.82) is 0 Å². The normalized spacial score (nSPS) is 18.1. The van der Waals surface area contributed by atoms with Crippen molar-refractivity contribution in [1.82, 2.24) is 0 Å². The Bertz CT molecular complexity index is 721. The standard InChI is InChI=1S/C18H17NO3.C2H6/c1-13-8-9-16-15(12-13)18(21-10-5-11-22-18)17(20)19(16)14-6-3-2-4-7-14;1-2/h2-4,6-9,12H,5,10-11H2,1H3;1-2H3. The maximum Gasteiger partial charge on any atom is 0.297 e. The van der Waals surface area contributed by atoms with Gasteiger partial charge in [0.05, 0.1) is 18.9 Å². The van der Waals surface area contributed by atoms with Crippen molar-refractivity contribution in [2.24, 2.45) is 0 Å². The summed E-state index contributed by atoms with van der Waals surface area (Å²) in [6.45, 7) is 7.07. The molecule has 0 aromatic heterocycles. The summed E-state index contributed by atoms with van der Waals surface area (Å²) in [5.41, 5.74) is 3.55. The molecular formula is C20H23NO3. The third-order valence-electron chi connectivity index (χ3n) is 4.15. The van der Waals surface area contributed by atoms with Gasteiger partial charge in [-0.2, -0.15) is 0 Å².